The van der Waals surface area contributed by atoms with Gasteiger partial charge < -0.3 is 15.0 Å². The van der Waals surface area contributed by atoms with Gasteiger partial charge in [-0.05, 0) is 18.4 Å². The molecule has 1 aromatic carbocycles. The van der Waals surface area contributed by atoms with Crippen LogP contribution in [-0.4, -0.2) is 47.6 Å². The highest BCUT2D eigenvalue weighted by molar-refractivity contribution is 8.00. The Morgan fingerprint density at radius 1 is 1.35 bits per heavy atom. The van der Waals surface area contributed by atoms with Crippen molar-refractivity contribution >= 4 is 29.5 Å². The summed E-state index contributed by atoms with van der Waals surface area (Å²) < 4.78 is 5.20. The minimum Gasteiger partial charge on any atom is -0.454 e. The summed E-state index contributed by atoms with van der Waals surface area (Å²) in [5.74, 6) is -0.361. The summed E-state index contributed by atoms with van der Waals surface area (Å²) in [6, 6.07) is 9.17. The lowest BCUT2D eigenvalue weighted by atomic mass is 10.0. The summed E-state index contributed by atoms with van der Waals surface area (Å²) in [6.07, 6.45) is 2.98. The lowest BCUT2D eigenvalue weighted by Crippen LogP contribution is -2.47. The third kappa shape index (κ3) is 3.58. The number of carbonyl (C=O) groups excluding carboxylic acids is 3. The average Bonchev–Trinajstić information content (AvgIpc) is 3.20. The lowest BCUT2D eigenvalue weighted by Gasteiger charge is -2.33. The van der Waals surface area contributed by atoms with Crippen molar-refractivity contribution in [2.75, 3.05) is 18.9 Å². The zero-order chi connectivity index (χ0) is 18.6. The standard InChI is InChI=1S/C19H24N2O4S/c1-2-3-11-20-16(22)12-25-18(24)15-13-26-19(10-9-17(23)21(15)19)14-7-5-4-6-8-14/h4-8,15H,2-3,9-13H2,1H3,(H,20,22)/t15-,19-/m1/s1. The number of hydrogen-bond acceptors (Lipinski definition) is 5. The molecule has 2 amide bonds. The number of fused-ring (bicyclic) bond motifs is 1. The van der Waals surface area contributed by atoms with Crippen molar-refractivity contribution in [2.24, 2.45) is 0 Å². The molecule has 0 spiro atoms. The van der Waals surface area contributed by atoms with Crippen LogP contribution in [0.2, 0.25) is 0 Å². The van der Waals surface area contributed by atoms with E-state index in [0.717, 1.165) is 18.4 Å². The van der Waals surface area contributed by atoms with E-state index in [0.29, 0.717) is 25.1 Å². The highest BCUT2D eigenvalue weighted by atomic mass is 32.2. The highest BCUT2D eigenvalue weighted by Gasteiger charge is 2.57. The Bertz CT molecular complexity index is 681. The van der Waals surface area contributed by atoms with E-state index in [2.05, 4.69) is 5.32 Å². The molecule has 6 nitrogen and oxygen atoms in total. The van der Waals surface area contributed by atoms with Crippen LogP contribution in [0.5, 0.6) is 0 Å². The molecule has 2 atom stereocenters. The number of nitrogens with one attached hydrogen (secondary N) is 1. The van der Waals surface area contributed by atoms with Crippen molar-refractivity contribution in [1.82, 2.24) is 10.2 Å². The van der Waals surface area contributed by atoms with Crippen LogP contribution in [0.25, 0.3) is 0 Å². The van der Waals surface area contributed by atoms with Gasteiger partial charge in [-0.15, -0.1) is 11.8 Å². The molecule has 1 aromatic rings. The van der Waals surface area contributed by atoms with Crippen LogP contribution in [0.3, 0.4) is 0 Å². The van der Waals surface area contributed by atoms with Gasteiger partial charge in [0.05, 0.1) is 0 Å². The molecular weight excluding hydrogens is 352 g/mol. The van der Waals surface area contributed by atoms with Gasteiger partial charge in [-0.3, -0.25) is 9.59 Å². The van der Waals surface area contributed by atoms with Crippen LogP contribution in [0.4, 0.5) is 0 Å². The first-order valence-electron chi connectivity index (χ1n) is 9.03. The van der Waals surface area contributed by atoms with Crippen molar-refractivity contribution in [3.63, 3.8) is 0 Å². The summed E-state index contributed by atoms with van der Waals surface area (Å²) in [4.78, 5) is 37.9. The lowest BCUT2D eigenvalue weighted by molar-refractivity contribution is -0.156. The number of ether oxygens (including phenoxy) is 1. The fourth-order valence-electron chi connectivity index (χ4n) is 3.50. The Kier molecular flexibility index (Phi) is 5.86. The summed E-state index contributed by atoms with van der Waals surface area (Å²) in [7, 11) is 0. The maximum absolute atomic E-state index is 12.5. The Hall–Kier alpha value is -2.02. The van der Waals surface area contributed by atoms with Crippen LogP contribution in [-0.2, 0) is 24.0 Å². The predicted octanol–water partition coefficient (Wildman–Crippen LogP) is 2.04. The van der Waals surface area contributed by atoms with Crippen LogP contribution in [0.15, 0.2) is 30.3 Å². The van der Waals surface area contributed by atoms with E-state index in [-0.39, 0.29) is 18.4 Å². The molecule has 0 unspecified atom stereocenters. The monoisotopic (exact) mass is 376 g/mol. The molecule has 0 saturated carbocycles. The van der Waals surface area contributed by atoms with E-state index in [9.17, 15) is 14.4 Å². The number of rotatable bonds is 7. The van der Waals surface area contributed by atoms with Gasteiger partial charge >= 0.3 is 5.97 Å². The van der Waals surface area contributed by atoms with E-state index < -0.39 is 16.9 Å². The van der Waals surface area contributed by atoms with Crippen molar-refractivity contribution < 1.29 is 19.1 Å². The molecule has 2 saturated heterocycles. The van der Waals surface area contributed by atoms with Crippen molar-refractivity contribution in [3.05, 3.63) is 35.9 Å². The maximum atomic E-state index is 12.5. The summed E-state index contributed by atoms with van der Waals surface area (Å²) in [5, 5.41) is 2.72. The maximum Gasteiger partial charge on any atom is 0.330 e. The summed E-state index contributed by atoms with van der Waals surface area (Å²) >= 11 is 1.61. The molecule has 2 heterocycles. The third-order valence-electron chi connectivity index (χ3n) is 4.82. The molecule has 2 fully saturated rings. The van der Waals surface area contributed by atoms with Gasteiger partial charge in [0.25, 0.3) is 5.91 Å². The predicted molar refractivity (Wildman–Crippen MR) is 99.3 cm³/mol. The van der Waals surface area contributed by atoms with Crippen LogP contribution >= 0.6 is 11.8 Å². The molecule has 26 heavy (non-hydrogen) atoms. The Morgan fingerprint density at radius 3 is 2.85 bits per heavy atom. The van der Waals surface area contributed by atoms with Gasteiger partial charge in [0, 0.05) is 18.7 Å². The highest BCUT2D eigenvalue weighted by Crippen LogP contribution is 2.54. The molecule has 0 aliphatic carbocycles. The molecule has 2 aliphatic rings. The largest absolute Gasteiger partial charge is 0.454 e. The van der Waals surface area contributed by atoms with E-state index in [1.54, 1.807) is 16.7 Å². The number of hydrogen-bond donors (Lipinski definition) is 1. The Balaban J connectivity index is 1.65. The van der Waals surface area contributed by atoms with Gasteiger partial charge in [0.2, 0.25) is 5.91 Å². The molecule has 7 heteroatoms. The minimum atomic E-state index is -0.640. The van der Waals surface area contributed by atoms with Gasteiger partial charge in [-0.1, -0.05) is 43.7 Å². The second-order valence-electron chi connectivity index (χ2n) is 6.55. The molecule has 3 rings (SSSR count). The van der Waals surface area contributed by atoms with Gasteiger partial charge in [-0.2, -0.15) is 0 Å². The first-order chi connectivity index (χ1) is 12.6. The zero-order valence-corrected chi connectivity index (χ0v) is 15.7. The molecule has 0 radical (unpaired) electrons. The average molecular weight is 376 g/mol. The number of thioether (sulfide) groups is 1. The minimum absolute atomic E-state index is 0.0341. The smallest absolute Gasteiger partial charge is 0.330 e. The quantitative estimate of drug-likeness (QED) is 0.582. The van der Waals surface area contributed by atoms with E-state index in [4.69, 9.17) is 4.74 Å². The van der Waals surface area contributed by atoms with Gasteiger partial charge in [0.15, 0.2) is 6.61 Å². The molecule has 2 aliphatic heterocycles. The van der Waals surface area contributed by atoms with Crippen LogP contribution < -0.4 is 5.32 Å². The van der Waals surface area contributed by atoms with Crippen molar-refractivity contribution in [3.8, 4) is 0 Å². The molecule has 1 N–H and O–H groups in total. The molecule has 0 aromatic heterocycles. The van der Waals surface area contributed by atoms with Crippen molar-refractivity contribution in [2.45, 2.75) is 43.5 Å². The molecule has 140 valence electrons. The normalized spacial score (nSPS) is 24.4. The fourth-order valence-corrected chi connectivity index (χ4v) is 5.14. The zero-order valence-electron chi connectivity index (χ0n) is 14.9. The Morgan fingerprint density at radius 2 is 2.12 bits per heavy atom. The van der Waals surface area contributed by atoms with E-state index in [1.807, 2.05) is 37.3 Å². The number of nitrogens with zero attached hydrogens (tertiary/aromatic N) is 1. The summed E-state index contributed by atoms with van der Waals surface area (Å²) in [5.41, 5.74) is 1.03. The van der Waals surface area contributed by atoms with E-state index in [1.165, 1.54) is 0 Å². The second kappa shape index (κ2) is 8.12. The fraction of sp³-hybridized carbons (Fsp3) is 0.526. The van der Waals surface area contributed by atoms with Crippen LogP contribution in [0.1, 0.15) is 38.2 Å². The first-order valence-corrected chi connectivity index (χ1v) is 10.0. The molecule has 0 bridgehead atoms. The summed E-state index contributed by atoms with van der Waals surface area (Å²) in [6.45, 7) is 2.31. The number of carbonyl (C=O) groups is 3. The number of amides is 2. The number of unbranched alkanes of at least 4 members (excludes halogenated alkanes) is 1. The third-order valence-corrected chi connectivity index (χ3v) is 6.42. The topological polar surface area (TPSA) is 75.7 Å². The first kappa shape index (κ1) is 18.8. The second-order valence-corrected chi connectivity index (χ2v) is 7.85. The SMILES string of the molecule is CCCCNC(=O)COC(=O)[C@H]1CS[C@@]2(c3ccccc3)CCC(=O)N12. The van der Waals surface area contributed by atoms with Crippen molar-refractivity contribution in [1.29, 1.82) is 0 Å². The number of esters is 1. The van der Waals surface area contributed by atoms with Gasteiger partial charge in [-0.25, -0.2) is 4.79 Å². The van der Waals surface area contributed by atoms with Crippen LogP contribution in [0, 0.1) is 0 Å². The van der Waals surface area contributed by atoms with Gasteiger partial charge in [0.1, 0.15) is 10.9 Å². The Labute approximate surface area is 157 Å². The van der Waals surface area contributed by atoms with E-state index >= 15 is 0 Å². The molecular formula is C19H24N2O4S. The number of benzene rings is 1.